The minimum Gasteiger partial charge on any atom is -0.459 e. The summed E-state index contributed by atoms with van der Waals surface area (Å²) in [7, 11) is 1.65. The number of alkyl halides is 3. The molecule has 0 radical (unpaired) electrons. The number of carbonyl (C=O) groups excluding carboxylic acids is 3. The summed E-state index contributed by atoms with van der Waals surface area (Å²) in [4.78, 5) is 41.9. The van der Waals surface area contributed by atoms with Crippen molar-refractivity contribution >= 4 is 23.5 Å². The number of amides is 2. The number of likely N-dealkylation sites (N-methyl/N-ethyl adjacent to an activating group) is 1. The van der Waals surface area contributed by atoms with Crippen LogP contribution in [0.3, 0.4) is 0 Å². The number of ether oxygens (including phenoxy) is 1. The second-order valence-electron chi connectivity index (χ2n) is 9.67. The standard InChI is InChI=1S/C24H30F3N3O4/c1-14-6-9-17(28-5)21(32)29(12-14)19-10-15-7-8-16(24(25,26)27)11-18(15)30(22(19)33)13-20(31)34-23(2,3)4/h6-8,11,17,19,28H,9-10,12-13H2,1-5H3/t17-,19-/m0/s1. The Labute approximate surface area is 196 Å². The largest absolute Gasteiger partial charge is 0.459 e. The van der Waals surface area contributed by atoms with E-state index < -0.39 is 47.8 Å². The number of esters is 1. The summed E-state index contributed by atoms with van der Waals surface area (Å²) in [6.07, 6.45) is -2.18. The molecule has 34 heavy (non-hydrogen) atoms. The normalized spacial score (nSPS) is 21.7. The van der Waals surface area contributed by atoms with Gasteiger partial charge in [0.25, 0.3) is 5.91 Å². The van der Waals surface area contributed by atoms with E-state index >= 15 is 0 Å². The SMILES string of the molecule is CN[C@H]1CC=C(C)CN([C@H]2Cc3ccc(C(F)(F)F)cc3N(CC(=O)OC(C)(C)C)C2=O)C1=O. The van der Waals surface area contributed by atoms with Crippen molar-refractivity contribution in [2.24, 2.45) is 0 Å². The molecule has 2 aliphatic heterocycles. The first-order valence-electron chi connectivity index (χ1n) is 11.1. The molecule has 0 saturated carbocycles. The highest BCUT2D eigenvalue weighted by molar-refractivity contribution is 6.05. The summed E-state index contributed by atoms with van der Waals surface area (Å²) in [6, 6.07) is 1.64. The van der Waals surface area contributed by atoms with Crippen LogP contribution in [0.4, 0.5) is 18.9 Å². The third kappa shape index (κ3) is 5.60. The van der Waals surface area contributed by atoms with Crippen molar-refractivity contribution in [3.05, 3.63) is 41.0 Å². The van der Waals surface area contributed by atoms with Gasteiger partial charge in [-0.15, -0.1) is 0 Å². The Bertz CT molecular complexity index is 1010. The topological polar surface area (TPSA) is 79.0 Å². The number of halogens is 3. The third-order valence-electron chi connectivity index (χ3n) is 5.80. The molecule has 1 N–H and O–H groups in total. The zero-order valence-electron chi connectivity index (χ0n) is 20.0. The Kier molecular flexibility index (Phi) is 7.12. The quantitative estimate of drug-likeness (QED) is 0.528. The highest BCUT2D eigenvalue weighted by Gasteiger charge is 2.43. The van der Waals surface area contributed by atoms with E-state index in [2.05, 4.69) is 5.32 Å². The number of nitrogens with zero attached hydrogens (tertiary/aromatic N) is 2. The molecule has 10 heteroatoms. The number of nitrogens with one attached hydrogen (secondary N) is 1. The van der Waals surface area contributed by atoms with Crippen LogP contribution < -0.4 is 10.2 Å². The molecule has 0 aliphatic carbocycles. The number of anilines is 1. The molecule has 1 aromatic carbocycles. The summed E-state index contributed by atoms with van der Waals surface area (Å²) in [5.41, 5.74) is -0.417. The summed E-state index contributed by atoms with van der Waals surface area (Å²) in [6.45, 7) is 6.48. The predicted octanol–water partition coefficient (Wildman–Crippen LogP) is 3.07. The smallest absolute Gasteiger partial charge is 0.416 e. The van der Waals surface area contributed by atoms with Crippen molar-refractivity contribution < 1.29 is 32.3 Å². The summed E-state index contributed by atoms with van der Waals surface area (Å²) >= 11 is 0. The lowest BCUT2D eigenvalue weighted by atomic mass is 9.93. The number of hydrogen-bond donors (Lipinski definition) is 1. The van der Waals surface area contributed by atoms with Gasteiger partial charge in [0.2, 0.25) is 5.91 Å². The molecule has 0 saturated heterocycles. The van der Waals surface area contributed by atoms with Crippen LogP contribution in [0.15, 0.2) is 29.8 Å². The zero-order valence-corrected chi connectivity index (χ0v) is 20.0. The summed E-state index contributed by atoms with van der Waals surface area (Å²) < 4.78 is 45.5. The van der Waals surface area contributed by atoms with Gasteiger partial charge < -0.3 is 15.0 Å². The Morgan fingerprint density at radius 3 is 2.44 bits per heavy atom. The van der Waals surface area contributed by atoms with E-state index in [-0.39, 0.29) is 24.6 Å². The fraction of sp³-hybridized carbons (Fsp3) is 0.542. The van der Waals surface area contributed by atoms with Gasteiger partial charge in [-0.2, -0.15) is 13.2 Å². The van der Waals surface area contributed by atoms with Crippen molar-refractivity contribution in [3.8, 4) is 0 Å². The highest BCUT2D eigenvalue weighted by atomic mass is 19.4. The molecule has 2 heterocycles. The fourth-order valence-electron chi connectivity index (χ4n) is 4.20. The minimum absolute atomic E-state index is 0.00151. The highest BCUT2D eigenvalue weighted by Crippen LogP contribution is 2.37. The Morgan fingerprint density at radius 1 is 1.18 bits per heavy atom. The molecule has 7 nitrogen and oxygen atoms in total. The molecule has 186 valence electrons. The molecule has 0 bridgehead atoms. The number of carbonyl (C=O) groups is 3. The Balaban J connectivity index is 2.04. The van der Waals surface area contributed by atoms with Gasteiger partial charge >= 0.3 is 12.1 Å². The lowest BCUT2D eigenvalue weighted by molar-refractivity contribution is -0.154. The molecular formula is C24H30F3N3O4. The fourth-order valence-corrected chi connectivity index (χ4v) is 4.20. The van der Waals surface area contributed by atoms with Gasteiger partial charge in [0.1, 0.15) is 18.2 Å². The first-order valence-corrected chi connectivity index (χ1v) is 11.1. The maximum absolute atomic E-state index is 13.6. The van der Waals surface area contributed by atoms with Crippen LogP contribution in [-0.2, 0) is 31.7 Å². The van der Waals surface area contributed by atoms with E-state index in [0.717, 1.165) is 22.6 Å². The van der Waals surface area contributed by atoms with E-state index in [1.807, 2.05) is 13.0 Å². The molecule has 3 rings (SSSR count). The van der Waals surface area contributed by atoms with E-state index in [4.69, 9.17) is 4.74 Å². The number of benzene rings is 1. The van der Waals surface area contributed by atoms with Crippen LogP contribution >= 0.6 is 0 Å². The lowest BCUT2D eigenvalue weighted by Crippen LogP contribution is -2.58. The van der Waals surface area contributed by atoms with Gasteiger partial charge in [-0.05, 0) is 58.9 Å². The van der Waals surface area contributed by atoms with Crippen LogP contribution in [0, 0.1) is 0 Å². The molecular weight excluding hydrogens is 451 g/mol. The van der Waals surface area contributed by atoms with E-state index in [0.29, 0.717) is 12.0 Å². The van der Waals surface area contributed by atoms with Crippen LogP contribution in [-0.4, -0.2) is 60.5 Å². The van der Waals surface area contributed by atoms with Gasteiger partial charge in [-0.3, -0.25) is 19.3 Å². The van der Waals surface area contributed by atoms with Crippen LogP contribution in [0.2, 0.25) is 0 Å². The van der Waals surface area contributed by atoms with E-state index in [1.54, 1.807) is 27.8 Å². The first kappa shape index (κ1) is 25.7. The van der Waals surface area contributed by atoms with Gasteiger partial charge in [-0.1, -0.05) is 17.7 Å². The number of hydrogen-bond acceptors (Lipinski definition) is 5. The predicted molar refractivity (Wildman–Crippen MR) is 120 cm³/mol. The second-order valence-corrected chi connectivity index (χ2v) is 9.67. The van der Waals surface area contributed by atoms with Crippen molar-refractivity contribution in [2.75, 3.05) is 25.0 Å². The Hall–Kier alpha value is -2.88. The average Bonchev–Trinajstić information content (AvgIpc) is 2.85. The Morgan fingerprint density at radius 2 is 1.85 bits per heavy atom. The monoisotopic (exact) mass is 481 g/mol. The zero-order chi connectivity index (χ0) is 25.4. The summed E-state index contributed by atoms with van der Waals surface area (Å²) in [5.74, 6) is -1.65. The molecule has 0 unspecified atom stereocenters. The molecule has 0 aromatic heterocycles. The van der Waals surface area contributed by atoms with Crippen LogP contribution in [0.1, 0.15) is 45.2 Å². The van der Waals surface area contributed by atoms with Gasteiger partial charge in [0.05, 0.1) is 11.6 Å². The molecule has 2 atom stereocenters. The van der Waals surface area contributed by atoms with Crippen molar-refractivity contribution in [1.82, 2.24) is 10.2 Å². The maximum atomic E-state index is 13.6. The molecule has 2 aliphatic rings. The average molecular weight is 482 g/mol. The molecule has 1 aromatic rings. The van der Waals surface area contributed by atoms with Crippen molar-refractivity contribution in [2.45, 2.75) is 64.4 Å². The van der Waals surface area contributed by atoms with Crippen LogP contribution in [0.25, 0.3) is 0 Å². The second kappa shape index (κ2) is 9.40. The van der Waals surface area contributed by atoms with Crippen molar-refractivity contribution in [3.63, 3.8) is 0 Å². The van der Waals surface area contributed by atoms with Gasteiger partial charge in [0.15, 0.2) is 0 Å². The minimum atomic E-state index is -4.62. The molecule has 0 fully saturated rings. The van der Waals surface area contributed by atoms with Crippen LogP contribution in [0.5, 0.6) is 0 Å². The molecule has 2 amide bonds. The van der Waals surface area contributed by atoms with E-state index in [1.165, 1.54) is 11.0 Å². The van der Waals surface area contributed by atoms with E-state index in [9.17, 15) is 27.6 Å². The van der Waals surface area contributed by atoms with Gasteiger partial charge in [0, 0.05) is 18.7 Å². The lowest BCUT2D eigenvalue weighted by Gasteiger charge is -2.40. The van der Waals surface area contributed by atoms with Crippen molar-refractivity contribution in [1.29, 1.82) is 0 Å². The number of fused-ring (bicyclic) bond motifs is 1. The van der Waals surface area contributed by atoms with Gasteiger partial charge in [-0.25, -0.2) is 0 Å². The third-order valence-corrected chi connectivity index (χ3v) is 5.80. The summed E-state index contributed by atoms with van der Waals surface area (Å²) in [5, 5.41) is 2.95. The number of rotatable bonds is 4. The molecule has 0 spiro atoms. The maximum Gasteiger partial charge on any atom is 0.416 e. The first-order chi connectivity index (χ1) is 15.7.